The van der Waals surface area contributed by atoms with Gasteiger partial charge in [-0.2, -0.15) is 0 Å². The Labute approximate surface area is 219 Å². The van der Waals surface area contributed by atoms with Crippen LogP contribution >= 0.6 is 0 Å². The van der Waals surface area contributed by atoms with Gasteiger partial charge in [0.15, 0.2) is 0 Å². The molecule has 6 nitrogen and oxygen atoms in total. The van der Waals surface area contributed by atoms with E-state index in [1.54, 1.807) is 6.20 Å². The number of alkyl carbamates (subject to hydrolysis) is 1. The van der Waals surface area contributed by atoms with E-state index in [1.165, 1.54) is 5.56 Å². The van der Waals surface area contributed by atoms with Crippen LogP contribution in [0.3, 0.4) is 0 Å². The normalized spacial score (nSPS) is 10.7. The van der Waals surface area contributed by atoms with Gasteiger partial charge in [0.1, 0.15) is 5.60 Å². The van der Waals surface area contributed by atoms with E-state index >= 15 is 0 Å². The van der Waals surface area contributed by atoms with E-state index in [-0.39, 0.29) is 6.09 Å². The number of nitrogens with zero attached hydrogens (tertiary/aromatic N) is 2. The Morgan fingerprint density at radius 1 is 0.757 bits per heavy atom. The van der Waals surface area contributed by atoms with Crippen LogP contribution in [0, 0.1) is 0 Å². The summed E-state index contributed by atoms with van der Waals surface area (Å²) >= 11 is 0. The van der Waals surface area contributed by atoms with Crippen molar-refractivity contribution in [1.29, 1.82) is 0 Å². The molecule has 0 saturated heterocycles. The number of amides is 1. The van der Waals surface area contributed by atoms with Gasteiger partial charge in [0.25, 0.3) is 0 Å². The molecule has 2 heterocycles. The third-order valence-electron chi connectivity index (χ3n) is 5.34. The van der Waals surface area contributed by atoms with Crippen molar-refractivity contribution in [3.8, 4) is 22.5 Å². The number of carbonyl (C=O) groups is 1. The number of nitrogens with two attached hydrogens (primary N) is 1. The molecule has 37 heavy (non-hydrogen) atoms. The van der Waals surface area contributed by atoms with E-state index in [4.69, 9.17) is 10.5 Å². The van der Waals surface area contributed by atoms with Gasteiger partial charge in [-0.15, -0.1) is 0 Å². The Bertz CT molecular complexity index is 1200. The van der Waals surface area contributed by atoms with Gasteiger partial charge >= 0.3 is 6.09 Å². The lowest BCUT2D eigenvalue weighted by atomic mass is 10.1. The first-order chi connectivity index (χ1) is 17.8. The third kappa shape index (κ3) is 9.86. The van der Waals surface area contributed by atoms with Gasteiger partial charge in [0.05, 0.1) is 11.4 Å². The zero-order valence-corrected chi connectivity index (χ0v) is 21.9. The second-order valence-corrected chi connectivity index (χ2v) is 9.54. The number of hydrogen-bond donors (Lipinski definition) is 2. The van der Waals surface area contributed by atoms with Gasteiger partial charge in [0.2, 0.25) is 0 Å². The highest BCUT2D eigenvalue weighted by molar-refractivity contribution is 5.67. The molecule has 2 aromatic heterocycles. The lowest BCUT2D eigenvalue weighted by Crippen LogP contribution is -2.33. The van der Waals surface area contributed by atoms with E-state index in [2.05, 4.69) is 51.7 Å². The van der Waals surface area contributed by atoms with Crippen LogP contribution in [-0.4, -0.2) is 34.8 Å². The first kappa shape index (κ1) is 27.6. The quantitative estimate of drug-likeness (QED) is 0.324. The highest BCUT2D eigenvalue weighted by Gasteiger charge is 2.15. The predicted octanol–water partition coefficient (Wildman–Crippen LogP) is 6.07. The number of carbonyl (C=O) groups excluding carboxylic acids is 1. The molecule has 4 aromatic rings. The topological polar surface area (TPSA) is 90.1 Å². The summed E-state index contributed by atoms with van der Waals surface area (Å²) in [6, 6.07) is 28.4. The lowest BCUT2D eigenvalue weighted by Gasteiger charge is -2.19. The minimum atomic E-state index is -0.464. The van der Waals surface area contributed by atoms with E-state index < -0.39 is 5.60 Å². The van der Waals surface area contributed by atoms with Crippen LogP contribution in [-0.2, 0) is 17.6 Å². The number of hydrogen-bond acceptors (Lipinski definition) is 5. The molecule has 3 N–H and O–H groups in total. The molecule has 1 amide bonds. The lowest BCUT2D eigenvalue weighted by molar-refractivity contribution is 0.0528. The van der Waals surface area contributed by atoms with Crippen molar-refractivity contribution in [2.75, 3.05) is 13.1 Å². The molecule has 0 radical (unpaired) electrons. The molecule has 0 aliphatic rings. The van der Waals surface area contributed by atoms with Crippen molar-refractivity contribution in [2.24, 2.45) is 5.73 Å². The number of aromatic nitrogens is 2. The van der Waals surface area contributed by atoms with Gasteiger partial charge < -0.3 is 15.8 Å². The maximum absolute atomic E-state index is 11.5. The van der Waals surface area contributed by atoms with Crippen LogP contribution in [0.4, 0.5) is 4.79 Å². The number of nitrogens with one attached hydrogen (secondary N) is 1. The fourth-order valence-electron chi connectivity index (χ4n) is 3.54. The smallest absolute Gasteiger partial charge is 0.407 e. The summed E-state index contributed by atoms with van der Waals surface area (Å²) in [5.74, 6) is 0. The minimum Gasteiger partial charge on any atom is -0.444 e. The first-order valence-corrected chi connectivity index (χ1v) is 12.5. The van der Waals surface area contributed by atoms with E-state index in [1.807, 2.05) is 75.5 Å². The van der Waals surface area contributed by atoms with Gasteiger partial charge in [-0.1, -0.05) is 60.7 Å². The molecule has 0 atom stereocenters. The molecule has 0 aliphatic heterocycles. The van der Waals surface area contributed by atoms with E-state index in [9.17, 15) is 4.79 Å². The maximum Gasteiger partial charge on any atom is 0.407 e. The molecule has 0 aliphatic carbocycles. The second kappa shape index (κ2) is 13.9. The summed E-state index contributed by atoms with van der Waals surface area (Å²) in [5, 5.41) is 2.76. The molecule has 0 bridgehead atoms. The van der Waals surface area contributed by atoms with Gasteiger partial charge in [-0.05, 0) is 75.5 Å². The number of pyridine rings is 2. The van der Waals surface area contributed by atoms with E-state index in [0.29, 0.717) is 13.1 Å². The molecular formula is C31H36N4O2. The molecule has 0 unspecified atom stereocenters. The van der Waals surface area contributed by atoms with Crippen LogP contribution in [0.1, 0.15) is 31.9 Å². The molecular weight excluding hydrogens is 460 g/mol. The standard InChI is InChI=1S/C18H22N2O2.C13H14N2/c1-18(2,3)22-17(21)20-13-11-14-7-9-15(10-8-14)16-6-4-5-12-19-16;14-9-8-11-4-6-12(7-5-11)13-3-1-2-10-15-13/h4-10,12H,11,13H2,1-3H3,(H,20,21);1-7,10H,8-9,14H2. The zero-order chi connectivity index (χ0) is 26.5. The number of benzene rings is 2. The van der Waals surface area contributed by atoms with Crippen molar-refractivity contribution >= 4 is 6.09 Å². The molecule has 0 fully saturated rings. The molecule has 0 saturated carbocycles. The summed E-state index contributed by atoms with van der Waals surface area (Å²) in [7, 11) is 0. The van der Waals surface area contributed by atoms with Crippen LogP contribution in [0.5, 0.6) is 0 Å². The van der Waals surface area contributed by atoms with Gasteiger partial charge in [-0.3, -0.25) is 9.97 Å². The summed E-state index contributed by atoms with van der Waals surface area (Å²) in [4.78, 5) is 20.2. The van der Waals surface area contributed by atoms with Crippen molar-refractivity contribution in [3.63, 3.8) is 0 Å². The van der Waals surface area contributed by atoms with E-state index in [0.717, 1.165) is 40.9 Å². The summed E-state index contributed by atoms with van der Waals surface area (Å²) in [5.41, 5.74) is 11.7. The Hall–Kier alpha value is -4.03. The van der Waals surface area contributed by atoms with Crippen LogP contribution in [0.2, 0.25) is 0 Å². The SMILES string of the molecule is CC(C)(C)OC(=O)NCCc1ccc(-c2ccccn2)cc1.NCCc1ccc(-c2ccccn2)cc1. The monoisotopic (exact) mass is 496 g/mol. The zero-order valence-electron chi connectivity index (χ0n) is 21.9. The average Bonchev–Trinajstić information content (AvgIpc) is 2.90. The Kier molecular flexibility index (Phi) is 10.4. The average molecular weight is 497 g/mol. The van der Waals surface area contributed by atoms with Crippen LogP contribution < -0.4 is 11.1 Å². The first-order valence-electron chi connectivity index (χ1n) is 12.5. The fourth-order valence-corrected chi connectivity index (χ4v) is 3.54. The number of rotatable bonds is 7. The Balaban J connectivity index is 0.000000220. The highest BCUT2D eigenvalue weighted by Crippen LogP contribution is 2.18. The van der Waals surface area contributed by atoms with Crippen molar-refractivity contribution < 1.29 is 9.53 Å². The Morgan fingerprint density at radius 3 is 1.65 bits per heavy atom. The summed E-state index contributed by atoms with van der Waals surface area (Å²) in [6.45, 7) is 6.80. The van der Waals surface area contributed by atoms with Crippen LogP contribution in [0.15, 0.2) is 97.3 Å². The minimum absolute atomic E-state index is 0.377. The molecule has 192 valence electrons. The summed E-state index contributed by atoms with van der Waals surface area (Å²) in [6.07, 6.45) is 4.92. The van der Waals surface area contributed by atoms with Gasteiger partial charge in [0, 0.05) is 30.1 Å². The molecule has 0 spiro atoms. The fraction of sp³-hybridized carbons (Fsp3) is 0.258. The highest BCUT2D eigenvalue weighted by atomic mass is 16.6. The molecule has 6 heteroatoms. The number of ether oxygens (including phenoxy) is 1. The van der Waals surface area contributed by atoms with Crippen molar-refractivity contribution in [3.05, 3.63) is 108 Å². The largest absolute Gasteiger partial charge is 0.444 e. The third-order valence-corrected chi connectivity index (χ3v) is 5.34. The van der Waals surface area contributed by atoms with Crippen molar-refractivity contribution in [2.45, 2.75) is 39.2 Å². The molecule has 4 rings (SSSR count). The predicted molar refractivity (Wildman–Crippen MR) is 150 cm³/mol. The Morgan fingerprint density at radius 2 is 1.24 bits per heavy atom. The second-order valence-electron chi connectivity index (χ2n) is 9.54. The molecule has 2 aromatic carbocycles. The van der Waals surface area contributed by atoms with Gasteiger partial charge in [-0.25, -0.2) is 4.79 Å². The summed E-state index contributed by atoms with van der Waals surface area (Å²) < 4.78 is 5.19. The van der Waals surface area contributed by atoms with Crippen LogP contribution in [0.25, 0.3) is 22.5 Å². The maximum atomic E-state index is 11.5. The van der Waals surface area contributed by atoms with Crippen molar-refractivity contribution in [1.82, 2.24) is 15.3 Å².